The van der Waals surface area contributed by atoms with E-state index in [2.05, 4.69) is 9.80 Å². The van der Waals surface area contributed by atoms with Crippen LogP contribution in [0, 0.1) is 0 Å². The molecule has 0 aromatic heterocycles. The highest BCUT2D eigenvalue weighted by Gasteiger charge is 2.23. The third-order valence-corrected chi connectivity index (χ3v) is 3.23. The molecule has 14 heavy (non-hydrogen) atoms. The molecular weight excluding hydrogens is 180 g/mol. The van der Waals surface area contributed by atoms with Crippen molar-refractivity contribution in [1.29, 1.82) is 0 Å². The van der Waals surface area contributed by atoms with Gasteiger partial charge < -0.3 is 10.2 Å². The number of hydrogen-bond acceptors (Lipinski definition) is 4. The Kier molecular flexibility index (Phi) is 3.38. The van der Waals surface area contributed by atoms with Crippen LogP contribution in [0.2, 0.25) is 0 Å². The highest BCUT2D eigenvalue weighted by atomic mass is 16.3. The second kappa shape index (κ2) is 4.57. The maximum atomic E-state index is 9.34. The minimum Gasteiger partial charge on any atom is -0.392 e. The van der Waals surface area contributed by atoms with Crippen molar-refractivity contribution in [1.82, 2.24) is 9.80 Å². The molecule has 0 aromatic rings. The van der Waals surface area contributed by atoms with Gasteiger partial charge in [0.1, 0.15) is 0 Å². The maximum Gasteiger partial charge on any atom is 0.0679 e. The molecule has 4 nitrogen and oxygen atoms in total. The SMILES string of the molecule is OC1CCN(CCN2CCC(O)C2)C1. The fraction of sp³-hybridized carbons (Fsp3) is 1.00. The van der Waals surface area contributed by atoms with Gasteiger partial charge in [0.15, 0.2) is 0 Å². The lowest BCUT2D eigenvalue weighted by Gasteiger charge is -2.20. The molecule has 2 atom stereocenters. The van der Waals surface area contributed by atoms with Crippen LogP contribution in [0.25, 0.3) is 0 Å². The summed E-state index contributed by atoms with van der Waals surface area (Å²) in [5, 5.41) is 18.7. The van der Waals surface area contributed by atoms with Crippen molar-refractivity contribution >= 4 is 0 Å². The molecule has 2 rings (SSSR count). The Morgan fingerprint density at radius 3 is 1.57 bits per heavy atom. The Balaban J connectivity index is 1.63. The molecule has 2 N–H and O–H groups in total. The number of aliphatic hydroxyl groups excluding tert-OH is 2. The van der Waals surface area contributed by atoms with Gasteiger partial charge in [0.05, 0.1) is 12.2 Å². The lowest BCUT2D eigenvalue weighted by atomic mass is 10.3. The van der Waals surface area contributed by atoms with Crippen molar-refractivity contribution in [3.8, 4) is 0 Å². The Labute approximate surface area is 85.1 Å². The molecule has 2 saturated heterocycles. The van der Waals surface area contributed by atoms with Crippen LogP contribution >= 0.6 is 0 Å². The molecule has 0 amide bonds. The van der Waals surface area contributed by atoms with Crippen LogP contribution < -0.4 is 0 Å². The molecule has 0 spiro atoms. The summed E-state index contributed by atoms with van der Waals surface area (Å²) >= 11 is 0. The van der Waals surface area contributed by atoms with Crippen molar-refractivity contribution in [2.24, 2.45) is 0 Å². The average molecular weight is 200 g/mol. The summed E-state index contributed by atoms with van der Waals surface area (Å²) in [4.78, 5) is 4.60. The topological polar surface area (TPSA) is 46.9 Å². The fourth-order valence-corrected chi connectivity index (χ4v) is 2.31. The Morgan fingerprint density at radius 1 is 0.857 bits per heavy atom. The van der Waals surface area contributed by atoms with Gasteiger partial charge in [-0.3, -0.25) is 9.80 Å². The highest BCUT2D eigenvalue weighted by Crippen LogP contribution is 2.11. The summed E-state index contributed by atoms with van der Waals surface area (Å²) in [7, 11) is 0. The van der Waals surface area contributed by atoms with Crippen LogP contribution in [0.4, 0.5) is 0 Å². The Morgan fingerprint density at radius 2 is 1.29 bits per heavy atom. The van der Waals surface area contributed by atoms with Crippen molar-refractivity contribution in [3.05, 3.63) is 0 Å². The Bertz CT molecular complexity index is 169. The molecule has 0 aromatic carbocycles. The summed E-state index contributed by atoms with van der Waals surface area (Å²) in [5.74, 6) is 0. The van der Waals surface area contributed by atoms with E-state index in [1.807, 2.05) is 0 Å². The fourth-order valence-electron chi connectivity index (χ4n) is 2.31. The van der Waals surface area contributed by atoms with Crippen molar-refractivity contribution < 1.29 is 10.2 Å². The zero-order valence-electron chi connectivity index (χ0n) is 8.60. The van der Waals surface area contributed by atoms with Crippen molar-refractivity contribution in [2.75, 3.05) is 39.3 Å². The molecule has 0 radical (unpaired) electrons. The number of likely N-dealkylation sites (tertiary alicyclic amines) is 2. The summed E-state index contributed by atoms with van der Waals surface area (Å²) < 4.78 is 0. The van der Waals surface area contributed by atoms with Gasteiger partial charge in [-0.15, -0.1) is 0 Å². The predicted octanol–water partition coefficient (Wildman–Crippen LogP) is -0.880. The average Bonchev–Trinajstić information content (AvgIpc) is 2.72. The molecule has 0 aliphatic carbocycles. The van der Waals surface area contributed by atoms with Gasteiger partial charge in [-0.2, -0.15) is 0 Å². The second-order valence-corrected chi connectivity index (χ2v) is 4.49. The van der Waals surface area contributed by atoms with E-state index in [1.54, 1.807) is 0 Å². The van der Waals surface area contributed by atoms with Gasteiger partial charge in [0.25, 0.3) is 0 Å². The number of β-amino-alcohol motifs (C(OH)–C–C–N with tert-alkyl or cyclic N) is 2. The first-order chi connectivity index (χ1) is 6.74. The molecular formula is C10H20N2O2. The van der Waals surface area contributed by atoms with E-state index in [1.165, 1.54) is 0 Å². The van der Waals surface area contributed by atoms with E-state index in [0.717, 1.165) is 52.1 Å². The van der Waals surface area contributed by atoms with Crippen LogP contribution in [0.15, 0.2) is 0 Å². The van der Waals surface area contributed by atoms with E-state index in [-0.39, 0.29) is 12.2 Å². The number of rotatable bonds is 3. The second-order valence-electron chi connectivity index (χ2n) is 4.49. The van der Waals surface area contributed by atoms with E-state index in [4.69, 9.17) is 0 Å². The molecule has 0 saturated carbocycles. The van der Waals surface area contributed by atoms with Gasteiger partial charge in [0.2, 0.25) is 0 Å². The van der Waals surface area contributed by atoms with Crippen molar-refractivity contribution in [3.63, 3.8) is 0 Å². The minimum atomic E-state index is -0.112. The zero-order chi connectivity index (χ0) is 9.97. The molecule has 0 bridgehead atoms. The Hall–Kier alpha value is -0.160. The van der Waals surface area contributed by atoms with E-state index in [0.29, 0.717) is 0 Å². The van der Waals surface area contributed by atoms with Crippen molar-refractivity contribution in [2.45, 2.75) is 25.0 Å². The molecule has 82 valence electrons. The third kappa shape index (κ3) is 2.67. The molecule has 2 aliphatic rings. The van der Waals surface area contributed by atoms with E-state index < -0.39 is 0 Å². The normalized spacial score (nSPS) is 35.6. The largest absolute Gasteiger partial charge is 0.392 e. The third-order valence-electron chi connectivity index (χ3n) is 3.23. The first-order valence-corrected chi connectivity index (χ1v) is 5.55. The van der Waals surface area contributed by atoms with Crippen LogP contribution in [-0.4, -0.2) is 71.5 Å². The van der Waals surface area contributed by atoms with E-state index >= 15 is 0 Å². The zero-order valence-corrected chi connectivity index (χ0v) is 8.60. The van der Waals surface area contributed by atoms with Gasteiger partial charge in [-0.05, 0) is 12.8 Å². The quantitative estimate of drug-likeness (QED) is 0.621. The maximum absolute atomic E-state index is 9.34. The monoisotopic (exact) mass is 200 g/mol. The minimum absolute atomic E-state index is 0.112. The molecule has 2 unspecified atom stereocenters. The van der Waals surface area contributed by atoms with Gasteiger partial charge >= 0.3 is 0 Å². The highest BCUT2D eigenvalue weighted by molar-refractivity contribution is 4.78. The van der Waals surface area contributed by atoms with Crippen LogP contribution in [0.3, 0.4) is 0 Å². The molecule has 2 heterocycles. The van der Waals surface area contributed by atoms with Gasteiger partial charge in [-0.1, -0.05) is 0 Å². The summed E-state index contributed by atoms with van der Waals surface area (Å²) in [6.45, 7) is 5.77. The molecule has 2 fully saturated rings. The lowest BCUT2D eigenvalue weighted by Crippen LogP contribution is -2.33. The van der Waals surface area contributed by atoms with Crippen LogP contribution in [-0.2, 0) is 0 Å². The molecule has 4 heteroatoms. The van der Waals surface area contributed by atoms with Gasteiger partial charge in [0, 0.05) is 39.3 Å². The summed E-state index contributed by atoms with van der Waals surface area (Å²) in [6, 6.07) is 0. The number of aliphatic hydroxyl groups is 2. The van der Waals surface area contributed by atoms with Gasteiger partial charge in [-0.25, -0.2) is 0 Å². The molecule has 2 aliphatic heterocycles. The first kappa shape index (κ1) is 10.4. The standard InChI is InChI=1S/C10H20N2O2/c13-9-1-3-11(7-9)5-6-12-4-2-10(14)8-12/h9-10,13-14H,1-8H2. The van der Waals surface area contributed by atoms with E-state index in [9.17, 15) is 10.2 Å². The summed E-state index contributed by atoms with van der Waals surface area (Å²) in [6.07, 6.45) is 1.61. The predicted molar refractivity (Wildman–Crippen MR) is 54.1 cm³/mol. The summed E-state index contributed by atoms with van der Waals surface area (Å²) in [5.41, 5.74) is 0. The smallest absolute Gasteiger partial charge is 0.0679 e. The lowest BCUT2D eigenvalue weighted by molar-refractivity contribution is 0.159. The van der Waals surface area contributed by atoms with Crippen LogP contribution in [0.1, 0.15) is 12.8 Å². The van der Waals surface area contributed by atoms with Crippen LogP contribution in [0.5, 0.6) is 0 Å². The number of nitrogens with zero attached hydrogens (tertiary/aromatic N) is 2. The first-order valence-electron chi connectivity index (χ1n) is 5.55. The number of hydrogen-bond donors (Lipinski definition) is 2.